The molecular weight excluding hydrogens is 410 g/mol. The Kier molecular flexibility index (Phi) is 6.45. The van der Waals surface area contributed by atoms with Gasteiger partial charge < -0.3 is 0 Å². The Morgan fingerprint density at radius 3 is 2.63 bits per heavy atom. The Hall–Kier alpha value is -2.70. The fourth-order valence-electron chi connectivity index (χ4n) is 3.34. The van der Waals surface area contributed by atoms with Crippen LogP contribution in [0.3, 0.4) is 0 Å². The van der Waals surface area contributed by atoms with E-state index in [4.69, 9.17) is 4.98 Å². The van der Waals surface area contributed by atoms with Gasteiger partial charge in [0.05, 0.1) is 28.0 Å². The van der Waals surface area contributed by atoms with Crippen molar-refractivity contribution in [2.24, 2.45) is 0 Å². The molecular formula is C24H23N3OS2. The smallest absolute Gasteiger partial charge is 0.261 e. The number of rotatable bonds is 7. The number of nitrogens with zero attached hydrogens (tertiary/aromatic N) is 3. The Morgan fingerprint density at radius 2 is 1.87 bits per heavy atom. The molecule has 1 amide bonds. The summed E-state index contributed by atoms with van der Waals surface area (Å²) in [5, 5.41) is 0.706. The maximum atomic E-state index is 13.7. The molecule has 0 fully saturated rings. The van der Waals surface area contributed by atoms with Crippen LogP contribution in [0.4, 0.5) is 5.13 Å². The van der Waals surface area contributed by atoms with Crippen LogP contribution in [0, 0.1) is 0 Å². The number of benzene rings is 2. The Balaban J connectivity index is 1.80. The minimum Gasteiger partial charge on any atom is -0.278 e. The van der Waals surface area contributed by atoms with E-state index in [0.717, 1.165) is 33.0 Å². The number of pyridine rings is 1. The summed E-state index contributed by atoms with van der Waals surface area (Å²) in [6, 6.07) is 19.8. The summed E-state index contributed by atoms with van der Waals surface area (Å²) in [4.78, 5) is 25.8. The highest BCUT2D eigenvalue weighted by Gasteiger charge is 2.24. The number of fused-ring (bicyclic) bond motifs is 1. The van der Waals surface area contributed by atoms with Crippen LogP contribution in [-0.2, 0) is 13.0 Å². The maximum absolute atomic E-state index is 13.7. The SMILES string of the molecule is CCSc1ccccc1C(=O)N(Cc1ccccn1)c1nc2c(CC)cccc2s1. The van der Waals surface area contributed by atoms with Crippen molar-refractivity contribution < 1.29 is 4.79 Å². The highest BCUT2D eigenvalue weighted by atomic mass is 32.2. The molecule has 0 aliphatic heterocycles. The molecule has 0 atom stereocenters. The third-order valence-corrected chi connectivity index (χ3v) is 6.81. The second-order valence-corrected chi connectivity index (χ2v) is 9.07. The molecule has 2 aromatic carbocycles. The Morgan fingerprint density at radius 1 is 1.03 bits per heavy atom. The van der Waals surface area contributed by atoms with Gasteiger partial charge in [-0.05, 0) is 48.1 Å². The van der Waals surface area contributed by atoms with Gasteiger partial charge in [0, 0.05) is 11.1 Å². The van der Waals surface area contributed by atoms with Gasteiger partial charge in [0.2, 0.25) is 0 Å². The van der Waals surface area contributed by atoms with E-state index in [0.29, 0.717) is 17.2 Å². The van der Waals surface area contributed by atoms with Crippen LogP contribution in [0.2, 0.25) is 0 Å². The fraction of sp³-hybridized carbons (Fsp3) is 0.208. The zero-order valence-corrected chi connectivity index (χ0v) is 18.7. The molecule has 152 valence electrons. The Labute approximate surface area is 185 Å². The molecule has 0 N–H and O–H groups in total. The zero-order chi connectivity index (χ0) is 20.9. The summed E-state index contributed by atoms with van der Waals surface area (Å²) >= 11 is 3.24. The summed E-state index contributed by atoms with van der Waals surface area (Å²) in [6.45, 7) is 4.60. The molecule has 0 saturated carbocycles. The summed E-state index contributed by atoms with van der Waals surface area (Å²) in [5.74, 6) is 0.861. The van der Waals surface area contributed by atoms with Crippen LogP contribution >= 0.6 is 23.1 Å². The number of aryl methyl sites for hydroxylation is 1. The third kappa shape index (κ3) is 4.25. The van der Waals surface area contributed by atoms with Crippen LogP contribution in [0.15, 0.2) is 71.8 Å². The van der Waals surface area contributed by atoms with Gasteiger partial charge in [0.15, 0.2) is 5.13 Å². The maximum Gasteiger partial charge on any atom is 0.261 e. The molecule has 0 bridgehead atoms. The number of carbonyl (C=O) groups excluding carboxylic acids is 1. The second-order valence-electron chi connectivity index (χ2n) is 6.76. The number of aromatic nitrogens is 2. The number of thiazole rings is 1. The molecule has 0 spiro atoms. The third-order valence-electron chi connectivity index (χ3n) is 4.81. The van der Waals surface area contributed by atoms with E-state index >= 15 is 0 Å². The minimum absolute atomic E-state index is 0.0469. The Bertz CT molecular complexity index is 1160. The lowest BCUT2D eigenvalue weighted by molar-refractivity contribution is 0.0982. The number of hydrogen-bond donors (Lipinski definition) is 0. The van der Waals surface area contributed by atoms with E-state index in [1.54, 1.807) is 34.2 Å². The molecule has 30 heavy (non-hydrogen) atoms. The van der Waals surface area contributed by atoms with Gasteiger partial charge in [-0.2, -0.15) is 0 Å². The van der Waals surface area contributed by atoms with Crippen LogP contribution in [0.1, 0.15) is 35.5 Å². The van der Waals surface area contributed by atoms with Crippen LogP contribution in [-0.4, -0.2) is 21.6 Å². The van der Waals surface area contributed by atoms with E-state index in [2.05, 4.69) is 37.0 Å². The van der Waals surface area contributed by atoms with Gasteiger partial charge in [-0.1, -0.05) is 55.5 Å². The predicted molar refractivity (Wildman–Crippen MR) is 127 cm³/mol. The zero-order valence-electron chi connectivity index (χ0n) is 17.0. The molecule has 4 nitrogen and oxygen atoms in total. The normalized spacial score (nSPS) is 11.0. The van der Waals surface area contributed by atoms with E-state index in [1.807, 2.05) is 42.5 Å². The first-order valence-corrected chi connectivity index (χ1v) is 11.8. The summed E-state index contributed by atoms with van der Waals surface area (Å²) in [6.07, 6.45) is 2.66. The molecule has 0 radical (unpaired) electrons. The van der Waals surface area contributed by atoms with Gasteiger partial charge in [-0.3, -0.25) is 14.7 Å². The first kappa shape index (κ1) is 20.6. The summed E-state index contributed by atoms with van der Waals surface area (Å²) in [7, 11) is 0. The number of thioether (sulfide) groups is 1. The van der Waals surface area contributed by atoms with Crippen molar-refractivity contribution in [1.82, 2.24) is 9.97 Å². The number of anilines is 1. The standard InChI is InChI=1S/C24H23N3OS2/c1-3-17-10-9-14-21-22(17)26-24(30-21)27(16-18-11-7-8-15-25-18)23(28)19-12-5-6-13-20(19)29-4-2/h5-15H,3-4,16H2,1-2H3. The van der Waals surface area contributed by atoms with Gasteiger partial charge in [0.25, 0.3) is 5.91 Å². The molecule has 2 heterocycles. The predicted octanol–water partition coefficient (Wildman–Crippen LogP) is 6.21. The molecule has 0 aliphatic carbocycles. The van der Waals surface area contributed by atoms with Crippen molar-refractivity contribution >= 4 is 44.4 Å². The van der Waals surface area contributed by atoms with Crippen molar-refractivity contribution in [3.05, 3.63) is 83.7 Å². The highest BCUT2D eigenvalue weighted by molar-refractivity contribution is 7.99. The van der Waals surface area contributed by atoms with Crippen molar-refractivity contribution in [2.45, 2.75) is 31.7 Å². The number of hydrogen-bond acceptors (Lipinski definition) is 5. The monoisotopic (exact) mass is 433 g/mol. The molecule has 4 rings (SSSR count). The largest absolute Gasteiger partial charge is 0.278 e. The highest BCUT2D eigenvalue weighted by Crippen LogP contribution is 2.33. The summed E-state index contributed by atoms with van der Waals surface area (Å²) in [5.41, 5.74) is 3.72. The number of amides is 1. The average molecular weight is 434 g/mol. The molecule has 0 unspecified atom stereocenters. The first-order valence-electron chi connectivity index (χ1n) is 10.0. The van der Waals surface area contributed by atoms with Crippen molar-refractivity contribution in [2.75, 3.05) is 10.7 Å². The van der Waals surface area contributed by atoms with Crippen molar-refractivity contribution in [3.63, 3.8) is 0 Å². The molecule has 4 aromatic rings. The van der Waals surface area contributed by atoms with Crippen LogP contribution < -0.4 is 4.90 Å². The lowest BCUT2D eigenvalue weighted by Gasteiger charge is -2.21. The van der Waals surface area contributed by atoms with Gasteiger partial charge in [0.1, 0.15) is 0 Å². The van der Waals surface area contributed by atoms with Crippen molar-refractivity contribution in [1.29, 1.82) is 0 Å². The van der Waals surface area contributed by atoms with E-state index in [-0.39, 0.29) is 5.91 Å². The van der Waals surface area contributed by atoms with E-state index in [1.165, 1.54) is 5.56 Å². The number of para-hydroxylation sites is 1. The first-order chi connectivity index (χ1) is 14.7. The lowest BCUT2D eigenvalue weighted by atomic mass is 10.1. The van der Waals surface area contributed by atoms with E-state index < -0.39 is 0 Å². The minimum atomic E-state index is -0.0469. The second kappa shape index (κ2) is 9.41. The molecule has 2 aromatic heterocycles. The van der Waals surface area contributed by atoms with Crippen molar-refractivity contribution in [3.8, 4) is 0 Å². The lowest BCUT2D eigenvalue weighted by Crippen LogP contribution is -2.31. The summed E-state index contributed by atoms with van der Waals surface area (Å²) < 4.78 is 1.10. The topological polar surface area (TPSA) is 46.1 Å². The number of carbonyl (C=O) groups is 1. The quantitative estimate of drug-likeness (QED) is 0.325. The molecule has 0 saturated heterocycles. The van der Waals surface area contributed by atoms with Crippen LogP contribution in [0.5, 0.6) is 0 Å². The van der Waals surface area contributed by atoms with E-state index in [9.17, 15) is 4.79 Å². The molecule has 0 aliphatic rings. The van der Waals surface area contributed by atoms with Gasteiger partial charge in [-0.15, -0.1) is 11.8 Å². The average Bonchev–Trinajstić information content (AvgIpc) is 3.22. The van der Waals surface area contributed by atoms with Crippen LogP contribution in [0.25, 0.3) is 10.2 Å². The molecule has 6 heteroatoms. The van der Waals surface area contributed by atoms with Gasteiger partial charge >= 0.3 is 0 Å². The fourth-order valence-corrected chi connectivity index (χ4v) is 5.15. The van der Waals surface area contributed by atoms with Gasteiger partial charge in [-0.25, -0.2) is 4.98 Å².